The van der Waals surface area contributed by atoms with Crippen LogP contribution in [0.15, 0.2) is 0 Å². The Kier molecular flexibility index (Phi) is 36.0. The Labute approximate surface area is 310 Å². The fraction of sp³-hybridized carbons (Fsp3) is 0.932. The van der Waals surface area contributed by atoms with Gasteiger partial charge in [-0.2, -0.15) is 0 Å². The zero-order valence-corrected chi connectivity index (χ0v) is 34.0. The maximum atomic E-state index is 12.6. The third kappa shape index (κ3) is 36.2. The molecule has 0 fully saturated rings. The first-order chi connectivity index (χ1) is 24.3. The van der Waals surface area contributed by atoms with Crippen LogP contribution in [0.4, 0.5) is 0 Å². The topological polar surface area (TPSA) is 78.9 Å². The maximum absolute atomic E-state index is 12.6. The molecule has 0 spiro atoms. The number of hydrogen-bond donors (Lipinski definition) is 0. The molecule has 0 heterocycles. The molecule has 0 N–H and O–H groups in total. The average Bonchev–Trinajstić information content (AvgIpc) is 3.09. The summed E-state index contributed by atoms with van der Waals surface area (Å²) in [6.45, 7) is 11.2. The van der Waals surface area contributed by atoms with Crippen molar-refractivity contribution in [3.63, 3.8) is 0 Å². The lowest BCUT2D eigenvalue weighted by molar-refractivity contribution is -0.167. The first kappa shape index (κ1) is 48.4. The quantitative estimate of drug-likeness (QED) is 0.0361. The molecule has 0 rings (SSSR count). The van der Waals surface area contributed by atoms with E-state index in [2.05, 4.69) is 34.6 Å². The van der Waals surface area contributed by atoms with Gasteiger partial charge in [0.05, 0.1) is 0 Å². The molecule has 0 aliphatic rings. The van der Waals surface area contributed by atoms with Crippen molar-refractivity contribution in [3.05, 3.63) is 0 Å². The van der Waals surface area contributed by atoms with Crippen molar-refractivity contribution < 1.29 is 28.6 Å². The SMILES string of the molecule is CCCCCCCCCCCCCCC(=O)OC[C@@H](COC(=O)CCCCCCCCC(C)CC)OC(=O)CCCCCCCCCC(C)C. The normalized spacial score (nSPS) is 12.6. The molecule has 0 saturated carbocycles. The number of ether oxygens (including phenoxy) is 3. The molecule has 0 aromatic heterocycles. The fourth-order valence-electron chi connectivity index (χ4n) is 6.37. The predicted octanol–water partition coefficient (Wildman–Crippen LogP) is 13.4. The van der Waals surface area contributed by atoms with Crippen LogP contribution in [0.25, 0.3) is 0 Å². The van der Waals surface area contributed by atoms with E-state index in [1.165, 1.54) is 122 Å². The predicted molar refractivity (Wildman–Crippen MR) is 210 cm³/mol. The van der Waals surface area contributed by atoms with Crippen LogP contribution in [0, 0.1) is 11.8 Å². The monoisotopic (exact) mass is 709 g/mol. The first-order valence-electron chi connectivity index (χ1n) is 21.8. The molecule has 0 aromatic rings. The van der Waals surface area contributed by atoms with Gasteiger partial charge in [-0.25, -0.2) is 0 Å². The van der Waals surface area contributed by atoms with Crippen LogP contribution in [-0.2, 0) is 28.6 Å². The summed E-state index contributed by atoms with van der Waals surface area (Å²) in [6.07, 6.45) is 33.8. The minimum absolute atomic E-state index is 0.0663. The van der Waals surface area contributed by atoms with Crippen molar-refractivity contribution in [1.29, 1.82) is 0 Å². The van der Waals surface area contributed by atoms with Gasteiger partial charge in [-0.15, -0.1) is 0 Å². The second kappa shape index (κ2) is 37.2. The van der Waals surface area contributed by atoms with Crippen molar-refractivity contribution in [1.82, 2.24) is 0 Å². The highest BCUT2D eigenvalue weighted by Gasteiger charge is 2.19. The van der Waals surface area contributed by atoms with Gasteiger partial charge < -0.3 is 14.2 Å². The smallest absolute Gasteiger partial charge is 0.306 e. The molecule has 0 bridgehead atoms. The number of carbonyl (C=O) groups is 3. The fourth-order valence-corrected chi connectivity index (χ4v) is 6.37. The van der Waals surface area contributed by atoms with Crippen LogP contribution >= 0.6 is 0 Å². The van der Waals surface area contributed by atoms with Gasteiger partial charge in [-0.1, -0.05) is 195 Å². The first-order valence-corrected chi connectivity index (χ1v) is 21.8. The van der Waals surface area contributed by atoms with Gasteiger partial charge in [-0.3, -0.25) is 14.4 Å². The third-order valence-corrected chi connectivity index (χ3v) is 10.1. The van der Waals surface area contributed by atoms with Crippen molar-refractivity contribution in [3.8, 4) is 0 Å². The Hall–Kier alpha value is -1.59. The molecular formula is C44H84O6. The highest BCUT2D eigenvalue weighted by atomic mass is 16.6. The Balaban J connectivity index is 4.35. The van der Waals surface area contributed by atoms with Crippen molar-refractivity contribution in [2.75, 3.05) is 13.2 Å². The summed E-state index contributed by atoms with van der Waals surface area (Å²) in [4.78, 5) is 37.6. The molecule has 0 radical (unpaired) electrons. The minimum Gasteiger partial charge on any atom is -0.462 e. The van der Waals surface area contributed by atoms with Crippen LogP contribution in [-0.4, -0.2) is 37.2 Å². The molecule has 1 unspecified atom stereocenters. The number of rotatable bonds is 38. The van der Waals surface area contributed by atoms with Gasteiger partial charge in [0, 0.05) is 19.3 Å². The number of carbonyl (C=O) groups excluding carboxylic acids is 3. The number of hydrogen-bond acceptors (Lipinski definition) is 6. The molecule has 0 aliphatic heterocycles. The van der Waals surface area contributed by atoms with E-state index in [9.17, 15) is 14.4 Å². The molecule has 0 saturated heterocycles. The third-order valence-electron chi connectivity index (χ3n) is 10.1. The van der Waals surface area contributed by atoms with E-state index >= 15 is 0 Å². The van der Waals surface area contributed by atoms with Crippen LogP contribution in [0.3, 0.4) is 0 Å². The zero-order chi connectivity index (χ0) is 36.9. The van der Waals surface area contributed by atoms with E-state index in [0.717, 1.165) is 69.6 Å². The largest absolute Gasteiger partial charge is 0.462 e. The Morgan fingerprint density at radius 2 is 0.760 bits per heavy atom. The summed E-state index contributed by atoms with van der Waals surface area (Å²) in [5.74, 6) is 0.726. The van der Waals surface area contributed by atoms with Gasteiger partial charge in [0.25, 0.3) is 0 Å². The molecule has 6 nitrogen and oxygen atoms in total. The molecule has 50 heavy (non-hydrogen) atoms. The summed E-state index contributed by atoms with van der Waals surface area (Å²) in [5.41, 5.74) is 0. The summed E-state index contributed by atoms with van der Waals surface area (Å²) in [7, 11) is 0. The van der Waals surface area contributed by atoms with Gasteiger partial charge in [-0.05, 0) is 31.1 Å². The lowest BCUT2D eigenvalue weighted by Gasteiger charge is -2.18. The Bertz CT molecular complexity index is 766. The zero-order valence-electron chi connectivity index (χ0n) is 34.0. The standard InChI is InChI=1S/C44H84O6/c1-6-8-9-10-11-12-13-14-15-18-24-29-34-42(45)48-37-41(50-44(47)36-31-26-19-16-17-22-27-32-39(3)4)38-49-43(46)35-30-25-21-20-23-28-33-40(5)7-2/h39-41H,6-38H2,1-5H3/t40?,41-/m0/s1. The van der Waals surface area contributed by atoms with E-state index in [1.807, 2.05) is 0 Å². The molecule has 0 aliphatic carbocycles. The second-order valence-corrected chi connectivity index (χ2v) is 15.7. The average molecular weight is 709 g/mol. The minimum atomic E-state index is -0.760. The van der Waals surface area contributed by atoms with Crippen LogP contribution in [0.2, 0.25) is 0 Å². The molecule has 0 aromatic carbocycles. The highest BCUT2D eigenvalue weighted by Crippen LogP contribution is 2.16. The van der Waals surface area contributed by atoms with Gasteiger partial charge in [0.15, 0.2) is 6.10 Å². The Morgan fingerprint density at radius 3 is 1.14 bits per heavy atom. The second-order valence-electron chi connectivity index (χ2n) is 15.7. The summed E-state index contributed by atoms with van der Waals surface area (Å²) < 4.78 is 16.7. The van der Waals surface area contributed by atoms with Crippen LogP contribution in [0.1, 0.15) is 234 Å². The number of esters is 3. The molecule has 0 amide bonds. The lowest BCUT2D eigenvalue weighted by Crippen LogP contribution is -2.30. The summed E-state index contributed by atoms with van der Waals surface area (Å²) in [6, 6.07) is 0. The van der Waals surface area contributed by atoms with Crippen molar-refractivity contribution in [2.24, 2.45) is 11.8 Å². The van der Waals surface area contributed by atoms with Gasteiger partial charge >= 0.3 is 17.9 Å². The van der Waals surface area contributed by atoms with E-state index in [-0.39, 0.29) is 31.1 Å². The van der Waals surface area contributed by atoms with E-state index < -0.39 is 6.10 Å². The maximum Gasteiger partial charge on any atom is 0.306 e. The molecule has 296 valence electrons. The lowest BCUT2D eigenvalue weighted by atomic mass is 10.00. The summed E-state index contributed by atoms with van der Waals surface area (Å²) >= 11 is 0. The van der Waals surface area contributed by atoms with Crippen molar-refractivity contribution >= 4 is 17.9 Å². The molecular weight excluding hydrogens is 624 g/mol. The van der Waals surface area contributed by atoms with Crippen LogP contribution < -0.4 is 0 Å². The van der Waals surface area contributed by atoms with Gasteiger partial charge in [0.2, 0.25) is 0 Å². The molecule has 6 heteroatoms. The summed E-state index contributed by atoms with van der Waals surface area (Å²) in [5, 5.41) is 0. The van der Waals surface area contributed by atoms with E-state index in [1.54, 1.807) is 0 Å². The van der Waals surface area contributed by atoms with Gasteiger partial charge in [0.1, 0.15) is 13.2 Å². The van der Waals surface area contributed by atoms with E-state index in [0.29, 0.717) is 19.3 Å². The van der Waals surface area contributed by atoms with E-state index in [4.69, 9.17) is 14.2 Å². The van der Waals surface area contributed by atoms with Crippen molar-refractivity contribution in [2.45, 2.75) is 240 Å². The Morgan fingerprint density at radius 1 is 0.420 bits per heavy atom. The highest BCUT2D eigenvalue weighted by molar-refractivity contribution is 5.71. The van der Waals surface area contributed by atoms with Crippen LogP contribution in [0.5, 0.6) is 0 Å². The molecule has 2 atom stereocenters. The number of unbranched alkanes of at least 4 members (excludes halogenated alkanes) is 22.